The van der Waals surface area contributed by atoms with Gasteiger partial charge in [0, 0.05) is 5.56 Å². The van der Waals surface area contributed by atoms with E-state index in [1.165, 1.54) is 5.56 Å². The van der Waals surface area contributed by atoms with E-state index in [2.05, 4.69) is 0 Å². The van der Waals surface area contributed by atoms with E-state index in [0.717, 1.165) is 16.9 Å². The number of hydrogen-bond donors (Lipinski definition) is 0. The molecule has 0 atom stereocenters. The highest BCUT2D eigenvalue weighted by Gasteiger charge is 2.05. The number of allylic oxidation sites excluding steroid dienone is 1. The zero-order valence-electron chi connectivity index (χ0n) is 12.0. The minimum atomic E-state index is -0.00254. The summed E-state index contributed by atoms with van der Waals surface area (Å²) in [5, 5.41) is 0. The van der Waals surface area contributed by atoms with Gasteiger partial charge in [0.25, 0.3) is 0 Å². The summed E-state index contributed by atoms with van der Waals surface area (Å²) in [5.74, 6) is 0.793. The highest BCUT2D eigenvalue weighted by molar-refractivity contribution is 6.07. The van der Waals surface area contributed by atoms with Gasteiger partial charge in [-0.15, -0.1) is 0 Å². The summed E-state index contributed by atoms with van der Waals surface area (Å²) >= 11 is 0. The molecule has 2 aromatic rings. The molecule has 0 aliphatic heterocycles. The molecule has 0 amide bonds. The first-order valence-corrected chi connectivity index (χ1v) is 6.54. The lowest BCUT2D eigenvalue weighted by Crippen LogP contribution is -1.96. The average Bonchev–Trinajstić information content (AvgIpc) is 2.44. The third kappa shape index (κ3) is 3.35. The first-order chi connectivity index (χ1) is 9.60. The minimum Gasteiger partial charge on any atom is -0.496 e. The first-order valence-electron chi connectivity index (χ1n) is 6.54. The van der Waals surface area contributed by atoms with E-state index < -0.39 is 0 Å². The normalized spacial score (nSPS) is 10.8. The molecule has 0 saturated heterocycles. The molecular formula is C18H18O2. The van der Waals surface area contributed by atoms with Gasteiger partial charge < -0.3 is 4.74 Å². The van der Waals surface area contributed by atoms with Crippen LogP contribution >= 0.6 is 0 Å². The standard InChI is InChI=1S/C18H18O2/c1-13-5-4-6-15(11-13)7-9-17(19)16-8-10-18(20-3)14(2)12-16/h4-12H,1-3H3/b9-7+. The van der Waals surface area contributed by atoms with Gasteiger partial charge in [-0.3, -0.25) is 4.79 Å². The zero-order chi connectivity index (χ0) is 14.5. The summed E-state index contributed by atoms with van der Waals surface area (Å²) in [7, 11) is 1.63. The van der Waals surface area contributed by atoms with E-state index in [-0.39, 0.29) is 5.78 Å². The van der Waals surface area contributed by atoms with E-state index in [0.29, 0.717) is 5.56 Å². The van der Waals surface area contributed by atoms with Crippen LogP contribution in [0.1, 0.15) is 27.0 Å². The molecule has 0 unspecified atom stereocenters. The molecule has 2 nitrogen and oxygen atoms in total. The Morgan fingerprint density at radius 2 is 1.90 bits per heavy atom. The summed E-state index contributed by atoms with van der Waals surface area (Å²) in [6.07, 6.45) is 3.45. The van der Waals surface area contributed by atoms with Crippen molar-refractivity contribution in [3.63, 3.8) is 0 Å². The highest BCUT2D eigenvalue weighted by Crippen LogP contribution is 2.19. The molecule has 0 saturated carbocycles. The van der Waals surface area contributed by atoms with Gasteiger partial charge in [0.05, 0.1) is 7.11 Å². The van der Waals surface area contributed by atoms with Crippen molar-refractivity contribution in [2.75, 3.05) is 7.11 Å². The van der Waals surface area contributed by atoms with Crippen LogP contribution in [0.25, 0.3) is 6.08 Å². The van der Waals surface area contributed by atoms with E-state index >= 15 is 0 Å². The first kappa shape index (κ1) is 14.1. The van der Waals surface area contributed by atoms with Crippen molar-refractivity contribution in [1.29, 1.82) is 0 Å². The highest BCUT2D eigenvalue weighted by atomic mass is 16.5. The Bertz CT molecular complexity index is 654. The van der Waals surface area contributed by atoms with Gasteiger partial charge in [0.2, 0.25) is 0 Å². The molecule has 2 aromatic carbocycles. The van der Waals surface area contributed by atoms with Crippen molar-refractivity contribution >= 4 is 11.9 Å². The maximum absolute atomic E-state index is 12.1. The number of rotatable bonds is 4. The molecular weight excluding hydrogens is 248 g/mol. The van der Waals surface area contributed by atoms with E-state index in [4.69, 9.17) is 4.74 Å². The summed E-state index contributed by atoms with van der Waals surface area (Å²) < 4.78 is 5.19. The third-order valence-corrected chi connectivity index (χ3v) is 3.15. The maximum Gasteiger partial charge on any atom is 0.185 e. The fourth-order valence-electron chi connectivity index (χ4n) is 2.07. The van der Waals surface area contributed by atoms with Crippen LogP contribution in [0.5, 0.6) is 5.75 Å². The van der Waals surface area contributed by atoms with E-state index in [1.807, 2.05) is 56.3 Å². The predicted molar refractivity (Wildman–Crippen MR) is 82.3 cm³/mol. The molecule has 2 heteroatoms. The van der Waals surface area contributed by atoms with Gasteiger partial charge in [-0.2, -0.15) is 0 Å². The van der Waals surface area contributed by atoms with Crippen molar-refractivity contribution in [3.05, 3.63) is 70.8 Å². The van der Waals surface area contributed by atoms with Gasteiger partial charge in [-0.05, 0) is 49.2 Å². The lowest BCUT2D eigenvalue weighted by molar-refractivity contribution is 0.104. The smallest absolute Gasteiger partial charge is 0.185 e. The molecule has 20 heavy (non-hydrogen) atoms. The van der Waals surface area contributed by atoms with Crippen molar-refractivity contribution in [3.8, 4) is 5.75 Å². The molecule has 102 valence electrons. The maximum atomic E-state index is 12.1. The predicted octanol–water partition coefficient (Wildman–Crippen LogP) is 4.21. The lowest BCUT2D eigenvalue weighted by Gasteiger charge is -2.05. The van der Waals surface area contributed by atoms with Gasteiger partial charge in [0.1, 0.15) is 5.75 Å². The molecule has 0 aromatic heterocycles. The van der Waals surface area contributed by atoms with Crippen molar-refractivity contribution in [2.45, 2.75) is 13.8 Å². The fourth-order valence-corrected chi connectivity index (χ4v) is 2.07. The average molecular weight is 266 g/mol. The Labute approximate surface area is 119 Å². The number of hydrogen-bond acceptors (Lipinski definition) is 2. The molecule has 0 aliphatic rings. The van der Waals surface area contributed by atoms with Gasteiger partial charge in [-0.1, -0.05) is 35.9 Å². The van der Waals surface area contributed by atoms with Gasteiger partial charge >= 0.3 is 0 Å². The quantitative estimate of drug-likeness (QED) is 0.612. The van der Waals surface area contributed by atoms with Gasteiger partial charge in [-0.25, -0.2) is 0 Å². The Kier molecular flexibility index (Phi) is 4.36. The van der Waals surface area contributed by atoms with Crippen molar-refractivity contribution < 1.29 is 9.53 Å². The summed E-state index contributed by atoms with van der Waals surface area (Å²) in [6.45, 7) is 3.96. The molecule has 0 radical (unpaired) electrons. The number of carbonyl (C=O) groups excluding carboxylic acids is 1. The van der Waals surface area contributed by atoms with Crippen LogP contribution < -0.4 is 4.74 Å². The molecule has 0 aliphatic carbocycles. The van der Waals surface area contributed by atoms with Crippen LogP contribution in [0.4, 0.5) is 0 Å². The number of carbonyl (C=O) groups is 1. The van der Waals surface area contributed by atoms with Crippen molar-refractivity contribution in [2.24, 2.45) is 0 Å². The summed E-state index contributed by atoms with van der Waals surface area (Å²) in [4.78, 5) is 12.1. The number of methoxy groups -OCH3 is 1. The van der Waals surface area contributed by atoms with Crippen LogP contribution in [-0.4, -0.2) is 12.9 Å². The molecule has 2 rings (SSSR count). The van der Waals surface area contributed by atoms with Crippen LogP contribution in [0, 0.1) is 13.8 Å². The minimum absolute atomic E-state index is 0.00254. The largest absolute Gasteiger partial charge is 0.496 e. The summed E-state index contributed by atoms with van der Waals surface area (Å²) in [5.41, 5.74) is 3.85. The molecule has 0 heterocycles. The second-order valence-electron chi connectivity index (χ2n) is 4.80. The molecule has 0 bridgehead atoms. The fraction of sp³-hybridized carbons (Fsp3) is 0.167. The topological polar surface area (TPSA) is 26.3 Å². The molecule has 0 spiro atoms. The van der Waals surface area contributed by atoms with Crippen LogP contribution in [0.15, 0.2) is 48.5 Å². The number of aryl methyl sites for hydroxylation is 2. The van der Waals surface area contributed by atoms with E-state index in [1.54, 1.807) is 19.3 Å². The second kappa shape index (κ2) is 6.20. The molecule has 0 fully saturated rings. The number of ketones is 1. The number of ether oxygens (including phenoxy) is 1. The Balaban J connectivity index is 2.18. The van der Waals surface area contributed by atoms with Crippen LogP contribution in [0.2, 0.25) is 0 Å². The van der Waals surface area contributed by atoms with E-state index in [9.17, 15) is 4.79 Å². The van der Waals surface area contributed by atoms with Crippen LogP contribution in [0.3, 0.4) is 0 Å². The number of benzene rings is 2. The monoisotopic (exact) mass is 266 g/mol. The molecule has 0 N–H and O–H groups in total. The Hall–Kier alpha value is -2.35. The third-order valence-electron chi connectivity index (χ3n) is 3.15. The Morgan fingerprint density at radius 3 is 2.55 bits per heavy atom. The SMILES string of the molecule is COc1ccc(C(=O)/C=C/c2cccc(C)c2)cc1C. The lowest BCUT2D eigenvalue weighted by atomic mass is 10.1. The summed E-state index contributed by atoms with van der Waals surface area (Å²) in [6, 6.07) is 13.5. The Morgan fingerprint density at radius 1 is 1.10 bits per heavy atom. The second-order valence-corrected chi connectivity index (χ2v) is 4.80. The van der Waals surface area contributed by atoms with Crippen molar-refractivity contribution in [1.82, 2.24) is 0 Å². The van der Waals surface area contributed by atoms with Crippen LogP contribution in [-0.2, 0) is 0 Å². The zero-order valence-corrected chi connectivity index (χ0v) is 12.0. The van der Waals surface area contributed by atoms with Gasteiger partial charge in [0.15, 0.2) is 5.78 Å².